The molecular weight excluding hydrogens is 178 g/mol. The van der Waals surface area contributed by atoms with Crippen LogP contribution < -0.4 is 0 Å². The van der Waals surface area contributed by atoms with Gasteiger partial charge in [-0.05, 0) is 32.9 Å². The van der Waals surface area contributed by atoms with Crippen LogP contribution in [0.5, 0.6) is 0 Å². The molecule has 1 N–H and O–H groups in total. The first-order valence-corrected chi connectivity index (χ1v) is 5.14. The monoisotopic (exact) mass is 199 g/mol. The second-order valence-electron chi connectivity index (χ2n) is 4.53. The van der Waals surface area contributed by atoms with Gasteiger partial charge in [-0.1, -0.05) is 6.08 Å². The fourth-order valence-corrected chi connectivity index (χ4v) is 1.36. The SMILES string of the molecule is CN(CC1=CCCOC1)C(C)(C)CO. The Labute approximate surface area is 86.4 Å². The summed E-state index contributed by atoms with van der Waals surface area (Å²) in [6.07, 6.45) is 3.26. The van der Waals surface area contributed by atoms with Crippen LogP contribution in [0.3, 0.4) is 0 Å². The normalized spacial score (nSPS) is 18.5. The number of hydrogen-bond acceptors (Lipinski definition) is 3. The zero-order chi connectivity index (χ0) is 10.6. The highest BCUT2D eigenvalue weighted by molar-refractivity contribution is 5.08. The predicted molar refractivity (Wildman–Crippen MR) is 57.3 cm³/mol. The van der Waals surface area contributed by atoms with Crippen molar-refractivity contribution in [2.75, 3.05) is 33.4 Å². The van der Waals surface area contributed by atoms with Crippen molar-refractivity contribution in [3.63, 3.8) is 0 Å². The molecular formula is C11H21NO2. The second-order valence-corrected chi connectivity index (χ2v) is 4.53. The molecule has 0 unspecified atom stereocenters. The fourth-order valence-electron chi connectivity index (χ4n) is 1.36. The Balaban J connectivity index is 2.47. The van der Waals surface area contributed by atoms with Crippen molar-refractivity contribution in [1.29, 1.82) is 0 Å². The van der Waals surface area contributed by atoms with Crippen LogP contribution in [0.15, 0.2) is 11.6 Å². The molecule has 0 aromatic carbocycles. The van der Waals surface area contributed by atoms with Crippen LogP contribution in [0.1, 0.15) is 20.3 Å². The predicted octanol–water partition coefficient (Wildman–Crippen LogP) is 1.04. The Bertz CT molecular complexity index is 211. The Morgan fingerprint density at radius 2 is 2.29 bits per heavy atom. The molecule has 3 nitrogen and oxygen atoms in total. The fraction of sp³-hybridized carbons (Fsp3) is 0.818. The third-order valence-electron chi connectivity index (χ3n) is 2.84. The van der Waals surface area contributed by atoms with E-state index in [1.165, 1.54) is 5.57 Å². The van der Waals surface area contributed by atoms with E-state index in [9.17, 15) is 5.11 Å². The van der Waals surface area contributed by atoms with Crippen LogP contribution in [0.25, 0.3) is 0 Å². The highest BCUT2D eigenvalue weighted by Gasteiger charge is 2.23. The van der Waals surface area contributed by atoms with Gasteiger partial charge in [0.1, 0.15) is 0 Å². The standard InChI is InChI=1S/C11H21NO2/c1-11(2,9-13)12(3)7-10-5-4-6-14-8-10/h5,13H,4,6-9H2,1-3H3. The van der Waals surface area contributed by atoms with Crippen molar-refractivity contribution in [2.24, 2.45) is 0 Å². The topological polar surface area (TPSA) is 32.7 Å². The smallest absolute Gasteiger partial charge is 0.0689 e. The van der Waals surface area contributed by atoms with Gasteiger partial charge in [0, 0.05) is 12.1 Å². The molecule has 0 saturated carbocycles. The molecule has 0 fully saturated rings. The summed E-state index contributed by atoms with van der Waals surface area (Å²) in [5, 5.41) is 9.20. The summed E-state index contributed by atoms with van der Waals surface area (Å²) in [6.45, 7) is 6.72. The third kappa shape index (κ3) is 3.08. The van der Waals surface area contributed by atoms with Gasteiger partial charge in [0.05, 0.1) is 19.8 Å². The van der Waals surface area contributed by atoms with E-state index in [1.807, 2.05) is 20.9 Å². The number of ether oxygens (including phenoxy) is 1. The van der Waals surface area contributed by atoms with E-state index in [2.05, 4.69) is 11.0 Å². The summed E-state index contributed by atoms with van der Waals surface area (Å²) < 4.78 is 5.37. The van der Waals surface area contributed by atoms with Gasteiger partial charge in [-0.25, -0.2) is 0 Å². The Morgan fingerprint density at radius 1 is 1.57 bits per heavy atom. The van der Waals surface area contributed by atoms with E-state index in [-0.39, 0.29) is 12.1 Å². The minimum atomic E-state index is -0.154. The maximum atomic E-state index is 9.20. The molecule has 0 aromatic heterocycles. The summed E-state index contributed by atoms with van der Waals surface area (Å²) in [5.41, 5.74) is 1.17. The summed E-state index contributed by atoms with van der Waals surface area (Å²) in [7, 11) is 2.03. The van der Waals surface area contributed by atoms with Gasteiger partial charge in [0.15, 0.2) is 0 Å². The molecule has 0 amide bonds. The van der Waals surface area contributed by atoms with E-state index in [4.69, 9.17) is 4.74 Å². The van der Waals surface area contributed by atoms with Crippen molar-refractivity contribution >= 4 is 0 Å². The zero-order valence-corrected chi connectivity index (χ0v) is 9.42. The lowest BCUT2D eigenvalue weighted by Gasteiger charge is -2.35. The third-order valence-corrected chi connectivity index (χ3v) is 2.84. The van der Waals surface area contributed by atoms with Crippen LogP contribution in [-0.2, 0) is 4.74 Å². The molecule has 14 heavy (non-hydrogen) atoms. The van der Waals surface area contributed by atoms with Crippen molar-refractivity contribution in [3.05, 3.63) is 11.6 Å². The van der Waals surface area contributed by atoms with Crippen LogP contribution in [0.2, 0.25) is 0 Å². The second kappa shape index (κ2) is 4.91. The average molecular weight is 199 g/mol. The highest BCUT2D eigenvalue weighted by Crippen LogP contribution is 2.15. The molecule has 82 valence electrons. The summed E-state index contributed by atoms with van der Waals surface area (Å²) in [6, 6.07) is 0. The van der Waals surface area contributed by atoms with Crippen molar-refractivity contribution < 1.29 is 9.84 Å². The number of nitrogens with zero attached hydrogens (tertiary/aromatic N) is 1. The largest absolute Gasteiger partial charge is 0.394 e. The maximum absolute atomic E-state index is 9.20. The van der Waals surface area contributed by atoms with Gasteiger partial charge in [-0.2, -0.15) is 0 Å². The minimum absolute atomic E-state index is 0.154. The number of rotatable bonds is 4. The van der Waals surface area contributed by atoms with Crippen LogP contribution >= 0.6 is 0 Å². The molecule has 3 heteroatoms. The number of hydrogen-bond donors (Lipinski definition) is 1. The number of aliphatic hydroxyl groups is 1. The molecule has 0 atom stereocenters. The first-order chi connectivity index (χ1) is 6.56. The lowest BCUT2D eigenvalue weighted by molar-refractivity contribution is 0.0781. The molecule has 1 aliphatic heterocycles. The van der Waals surface area contributed by atoms with E-state index >= 15 is 0 Å². The molecule has 1 heterocycles. The van der Waals surface area contributed by atoms with E-state index in [0.29, 0.717) is 0 Å². The molecule has 0 saturated heterocycles. The van der Waals surface area contributed by atoms with Crippen molar-refractivity contribution in [1.82, 2.24) is 4.90 Å². The van der Waals surface area contributed by atoms with Gasteiger partial charge < -0.3 is 9.84 Å². The Morgan fingerprint density at radius 3 is 2.79 bits per heavy atom. The van der Waals surface area contributed by atoms with Gasteiger partial charge in [-0.15, -0.1) is 0 Å². The highest BCUT2D eigenvalue weighted by atomic mass is 16.5. The summed E-state index contributed by atoms with van der Waals surface area (Å²) in [5.74, 6) is 0. The van der Waals surface area contributed by atoms with Gasteiger partial charge in [0.25, 0.3) is 0 Å². The van der Waals surface area contributed by atoms with Gasteiger partial charge in [0.2, 0.25) is 0 Å². The molecule has 0 bridgehead atoms. The first kappa shape index (κ1) is 11.7. The van der Waals surface area contributed by atoms with Crippen LogP contribution in [0, 0.1) is 0 Å². The molecule has 0 radical (unpaired) electrons. The lowest BCUT2D eigenvalue weighted by Crippen LogP contribution is -2.45. The Kier molecular flexibility index (Phi) is 4.11. The van der Waals surface area contributed by atoms with E-state index in [0.717, 1.165) is 26.2 Å². The van der Waals surface area contributed by atoms with E-state index < -0.39 is 0 Å². The molecule has 1 aliphatic rings. The zero-order valence-electron chi connectivity index (χ0n) is 9.42. The lowest BCUT2D eigenvalue weighted by atomic mass is 10.0. The van der Waals surface area contributed by atoms with Crippen LogP contribution in [0.4, 0.5) is 0 Å². The van der Waals surface area contributed by atoms with E-state index in [1.54, 1.807) is 0 Å². The van der Waals surface area contributed by atoms with Gasteiger partial charge >= 0.3 is 0 Å². The molecule has 0 aliphatic carbocycles. The van der Waals surface area contributed by atoms with Gasteiger partial charge in [-0.3, -0.25) is 4.90 Å². The quantitative estimate of drug-likeness (QED) is 0.687. The maximum Gasteiger partial charge on any atom is 0.0689 e. The minimum Gasteiger partial charge on any atom is -0.394 e. The number of aliphatic hydroxyl groups excluding tert-OH is 1. The van der Waals surface area contributed by atoms with Crippen LogP contribution in [-0.4, -0.2) is 49.0 Å². The molecule has 0 aromatic rings. The van der Waals surface area contributed by atoms with Crippen molar-refractivity contribution in [2.45, 2.75) is 25.8 Å². The Hall–Kier alpha value is -0.380. The average Bonchev–Trinajstić information content (AvgIpc) is 2.19. The first-order valence-electron chi connectivity index (χ1n) is 5.14. The summed E-state index contributed by atoms with van der Waals surface area (Å²) >= 11 is 0. The molecule has 1 rings (SSSR count). The summed E-state index contributed by atoms with van der Waals surface area (Å²) in [4.78, 5) is 2.16. The number of likely N-dealkylation sites (N-methyl/N-ethyl adjacent to an activating group) is 1. The van der Waals surface area contributed by atoms with Crippen molar-refractivity contribution in [3.8, 4) is 0 Å². The molecule has 0 spiro atoms.